The number of nitrogens with one attached hydrogen (secondary N) is 1. The molecule has 0 spiro atoms. The third-order valence-corrected chi connectivity index (χ3v) is 3.93. The number of thiophene rings is 1. The molecular weight excluding hydrogens is 280 g/mol. The molecule has 1 aromatic heterocycles. The fourth-order valence-electron chi connectivity index (χ4n) is 1.81. The number of nitrogens with zero attached hydrogens (tertiary/aromatic N) is 1. The third kappa shape index (κ3) is 4.30. The monoisotopic (exact) mass is 296 g/mol. The van der Waals surface area contributed by atoms with Crippen LogP contribution in [-0.4, -0.2) is 5.91 Å². The van der Waals surface area contributed by atoms with Gasteiger partial charge in [-0.3, -0.25) is 4.79 Å². The Morgan fingerprint density at radius 1 is 1.24 bits per heavy atom. The zero-order chi connectivity index (χ0) is 15.2. The van der Waals surface area contributed by atoms with E-state index in [0.717, 1.165) is 15.3 Å². The van der Waals surface area contributed by atoms with Crippen molar-refractivity contribution >= 4 is 23.3 Å². The third-order valence-electron chi connectivity index (χ3n) is 2.99. The summed E-state index contributed by atoms with van der Waals surface area (Å²) >= 11 is 1.56. The molecule has 4 heteroatoms. The molecule has 0 saturated heterocycles. The maximum Gasteiger partial charge on any atom is 0.262 e. The van der Waals surface area contributed by atoms with Gasteiger partial charge in [0.05, 0.1) is 0 Å². The molecule has 0 radical (unpaired) electrons. The quantitative estimate of drug-likeness (QED) is 0.692. The Labute approximate surface area is 128 Å². The van der Waals surface area contributed by atoms with E-state index < -0.39 is 0 Å². The first kappa shape index (κ1) is 15.0. The highest BCUT2D eigenvalue weighted by Crippen LogP contribution is 2.18. The molecule has 0 atom stereocenters. The van der Waals surface area contributed by atoms with E-state index >= 15 is 0 Å². The van der Waals surface area contributed by atoms with E-state index in [1.165, 1.54) is 5.56 Å². The maximum absolute atomic E-state index is 12.0. The second-order valence-corrected chi connectivity index (χ2v) is 6.11. The average Bonchev–Trinajstić information content (AvgIpc) is 2.89. The number of hydrogen-bond acceptors (Lipinski definition) is 3. The molecule has 0 unspecified atom stereocenters. The van der Waals surface area contributed by atoms with E-state index in [0.29, 0.717) is 6.54 Å². The first-order chi connectivity index (χ1) is 10.1. The number of carbonyl (C=O) groups excluding carboxylic acids is 1. The van der Waals surface area contributed by atoms with E-state index in [2.05, 4.69) is 5.32 Å². The van der Waals surface area contributed by atoms with Crippen molar-refractivity contribution in [3.05, 3.63) is 62.9 Å². The minimum atomic E-state index is -0.343. The van der Waals surface area contributed by atoms with Gasteiger partial charge in [-0.2, -0.15) is 5.26 Å². The molecule has 2 rings (SSSR count). The van der Waals surface area contributed by atoms with E-state index in [-0.39, 0.29) is 11.5 Å². The van der Waals surface area contributed by atoms with Crippen LogP contribution in [0, 0.1) is 25.2 Å². The minimum Gasteiger partial charge on any atom is -0.347 e. The van der Waals surface area contributed by atoms with Crippen LogP contribution >= 0.6 is 11.3 Å². The summed E-state index contributed by atoms with van der Waals surface area (Å²) in [5.41, 5.74) is 2.32. The largest absolute Gasteiger partial charge is 0.347 e. The summed E-state index contributed by atoms with van der Waals surface area (Å²) in [5.74, 6) is -0.343. The van der Waals surface area contributed by atoms with Gasteiger partial charge in [-0.05, 0) is 37.6 Å². The molecule has 2 aromatic rings. The molecule has 0 aliphatic carbocycles. The lowest BCUT2D eigenvalue weighted by Crippen LogP contribution is -2.23. The molecule has 21 heavy (non-hydrogen) atoms. The molecular formula is C17H16N2OS. The summed E-state index contributed by atoms with van der Waals surface area (Å²) in [6, 6.07) is 13.8. The van der Waals surface area contributed by atoms with Crippen LogP contribution in [0.15, 0.2) is 42.0 Å². The SMILES string of the molecule is Cc1ccc(CNC(=O)/C(C#N)=C/c2ccc(C)s2)cc1. The Kier molecular flexibility index (Phi) is 4.91. The van der Waals surface area contributed by atoms with Crippen molar-refractivity contribution in [3.8, 4) is 6.07 Å². The number of carbonyl (C=O) groups is 1. The van der Waals surface area contributed by atoms with Crippen molar-refractivity contribution in [2.45, 2.75) is 20.4 Å². The number of aryl methyl sites for hydroxylation is 2. The zero-order valence-electron chi connectivity index (χ0n) is 12.0. The molecule has 0 saturated carbocycles. The first-order valence-corrected chi connectivity index (χ1v) is 7.42. The highest BCUT2D eigenvalue weighted by Gasteiger charge is 2.09. The molecule has 106 valence electrons. The highest BCUT2D eigenvalue weighted by atomic mass is 32.1. The number of benzene rings is 1. The Balaban J connectivity index is 2.02. The van der Waals surface area contributed by atoms with Gasteiger partial charge in [0, 0.05) is 16.3 Å². The van der Waals surface area contributed by atoms with Crippen molar-refractivity contribution in [2.24, 2.45) is 0 Å². The van der Waals surface area contributed by atoms with Crippen LogP contribution in [0.25, 0.3) is 6.08 Å². The number of hydrogen-bond donors (Lipinski definition) is 1. The topological polar surface area (TPSA) is 52.9 Å². The molecule has 1 amide bonds. The fourth-order valence-corrected chi connectivity index (χ4v) is 2.63. The summed E-state index contributed by atoms with van der Waals surface area (Å²) in [4.78, 5) is 14.1. The molecule has 0 aliphatic rings. The Bertz CT molecular complexity index is 705. The van der Waals surface area contributed by atoms with E-state index in [4.69, 9.17) is 5.26 Å². The van der Waals surface area contributed by atoms with Crippen LogP contribution in [0.5, 0.6) is 0 Å². The lowest BCUT2D eigenvalue weighted by Gasteiger charge is -2.04. The van der Waals surface area contributed by atoms with Crippen molar-refractivity contribution in [1.29, 1.82) is 5.26 Å². The summed E-state index contributed by atoms with van der Waals surface area (Å²) in [7, 11) is 0. The normalized spacial score (nSPS) is 11.0. The second-order valence-electron chi connectivity index (χ2n) is 4.79. The summed E-state index contributed by atoms with van der Waals surface area (Å²) in [5, 5.41) is 11.9. The van der Waals surface area contributed by atoms with Gasteiger partial charge >= 0.3 is 0 Å². The van der Waals surface area contributed by atoms with Crippen LogP contribution in [0.1, 0.15) is 20.9 Å². The Morgan fingerprint density at radius 2 is 1.95 bits per heavy atom. The molecule has 0 bridgehead atoms. The maximum atomic E-state index is 12.0. The lowest BCUT2D eigenvalue weighted by atomic mass is 10.1. The van der Waals surface area contributed by atoms with Crippen LogP contribution < -0.4 is 5.32 Å². The van der Waals surface area contributed by atoms with Crippen LogP contribution in [0.4, 0.5) is 0 Å². The van der Waals surface area contributed by atoms with Crippen molar-refractivity contribution < 1.29 is 4.79 Å². The van der Waals surface area contributed by atoms with Gasteiger partial charge in [0.1, 0.15) is 11.6 Å². The van der Waals surface area contributed by atoms with Crippen LogP contribution in [0.3, 0.4) is 0 Å². The van der Waals surface area contributed by atoms with Gasteiger partial charge in [-0.1, -0.05) is 29.8 Å². The first-order valence-electron chi connectivity index (χ1n) is 6.60. The molecule has 1 heterocycles. The van der Waals surface area contributed by atoms with Gasteiger partial charge in [0.25, 0.3) is 5.91 Å². The molecule has 1 aromatic carbocycles. The predicted octanol–water partition coefficient (Wildman–Crippen LogP) is 3.59. The predicted molar refractivity (Wildman–Crippen MR) is 85.7 cm³/mol. The smallest absolute Gasteiger partial charge is 0.262 e. The summed E-state index contributed by atoms with van der Waals surface area (Å²) in [6.07, 6.45) is 1.63. The number of nitriles is 1. The zero-order valence-corrected chi connectivity index (χ0v) is 12.8. The van der Waals surface area contributed by atoms with Gasteiger partial charge in [0.15, 0.2) is 0 Å². The number of rotatable bonds is 4. The fraction of sp³-hybridized carbons (Fsp3) is 0.176. The summed E-state index contributed by atoms with van der Waals surface area (Å²) in [6.45, 7) is 4.43. The molecule has 0 aliphatic heterocycles. The van der Waals surface area contributed by atoms with Gasteiger partial charge in [-0.25, -0.2) is 0 Å². The lowest BCUT2D eigenvalue weighted by molar-refractivity contribution is -0.117. The standard InChI is InChI=1S/C17H16N2OS/c1-12-3-6-14(7-4-12)11-19-17(20)15(10-18)9-16-8-5-13(2)21-16/h3-9H,11H2,1-2H3,(H,19,20)/b15-9+. The van der Waals surface area contributed by atoms with Crippen LogP contribution in [0.2, 0.25) is 0 Å². The number of amides is 1. The van der Waals surface area contributed by atoms with Crippen molar-refractivity contribution in [2.75, 3.05) is 0 Å². The van der Waals surface area contributed by atoms with E-state index in [1.54, 1.807) is 17.4 Å². The van der Waals surface area contributed by atoms with Crippen LogP contribution in [-0.2, 0) is 11.3 Å². The highest BCUT2D eigenvalue weighted by molar-refractivity contribution is 7.12. The van der Waals surface area contributed by atoms with Gasteiger partial charge in [-0.15, -0.1) is 11.3 Å². The minimum absolute atomic E-state index is 0.129. The van der Waals surface area contributed by atoms with Crippen molar-refractivity contribution in [3.63, 3.8) is 0 Å². The molecule has 3 nitrogen and oxygen atoms in total. The Morgan fingerprint density at radius 3 is 2.52 bits per heavy atom. The average molecular weight is 296 g/mol. The Hall–Kier alpha value is -2.38. The molecule has 0 fully saturated rings. The van der Waals surface area contributed by atoms with Crippen molar-refractivity contribution in [1.82, 2.24) is 5.32 Å². The molecule has 1 N–H and O–H groups in total. The van der Waals surface area contributed by atoms with Gasteiger partial charge in [0.2, 0.25) is 0 Å². The van der Waals surface area contributed by atoms with Gasteiger partial charge < -0.3 is 5.32 Å². The second kappa shape index (κ2) is 6.87. The summed E-state index contributed by atoms with van der Waals surface area (Å²) < 4.78 is 0. The van der Waals surface area contributed by atoms with E-state index in [9.17, 15) is 4.79 Å². The van der Waals surface area contributed by atoms with E-state index in [1.807, 2.05) is 56.3 Å².